The monoisotopic (exact) mass is 267 g/mol. The molecule has 0 heterocycles. The second-order valence-electron chi connectivity index (χ2n) is 4.69. The van der Waals surface area contributed by atoms with E-state index in [-0.39, 0.29) is 16.7 Å². The third-order valence-electron chi connectivity index (χ3n) is 3.23. The molecule has 18 heavy (non-hydrogen) atoms. The highest BCUT2D eigenvalue weighted by Gasteiger charge is 2.23. The molecule has 0 radical (unpaired) electrons. The summed E-state index contributed by atoms with van der Waals surface area (Å²) in [7, 11) is -3.50. The Morgan fingerprint density at radius 3 is 2.56 bits per heavy atom. The molecule has 0 spiro atoms. The van der Waals surface area contributed by atoms with Crippen LogP contribution in [-0.2, 0) is 10.0 Å². The van der Waals surface area contributed by atoms with E-state index in [1.165, 1.54) is 19.1 Å². The number of hydrogen-bond acceptors (Lipinski definition) is 3. The van der Waals surface area contributed by atoms with E-state index >= 15 is 0 Å². The quantitative estimate of drug-likeness (QED) is 0.850. The third kappa shape index (κ3) is 2.97. The van der Waals surface area contributed by atoms with Gasteiger partial charge < -0.3 is 0 Å². The summed E-state index contributed by atoms with van der Waals surface area (Å²) >= 11 is 0. The molecule has 0 aliphatic heterocycles. The van der Waals surface area contributed by atoms with Gasteiger partial charge in [0.05, 0.1) is 4.90 Å². The first-order chi connectivity index (χ1) is 8.49. The van der Waals surface area contributed by atoms with Crippen LogP contribution in [0.1, 0.15) is 43.0 Å². The van der Waals surface area contributed by atoms with E-state index in [0.29, 0.717) is 5.56 Å². The first-order valence-electron chi connectivity index (χ1n) is 6.12. The predicted molar refractivity (Wildman–Crippen MR) is 69.0 cm³/mol. The molecular formula is C13H17NO3S. The van der Waals surface area contributed by atoms with Crippen molar-refractivity contribution in [1.82, 2.24) is 4.72 Å². The number of ketones is 1. The maximum absolute atomic E-state index is 12.1. The van der Waals surface area contributed by atoms with Crippen molar-refractivity contribution in [2.45, 2.75) is 43.5 Å². The standard InChI is InChI=1S/C13H17NO3S/c1-10(15)11-5-4-8-13(9-11)18(16,17)14-12-6-2-3-7-12/h4-5,8-9,12,14H,2-3,6-7H2,1H3. The zero-order valence-electron chi connectivity index (χ0n) is 10.3. The molecule has 0 aromatic heterocycles. The van der Waals surface area contributed by atoms with Crippen LogP contribution in [-0.4, -0.2) is 20.2 Å². The molecule has 1 N–H and O–H groups in total. The Balaban J connectivity index is 2.23. The molecule has 1 aliphatic carbocycles. The maximum Gasteiger partial charge on any atom is 0.240 e. The molecule has 1 saturated carbocycles. The highest BCUT2D eigenvalue weighted by atomic mass is 32.2. The van der Waals surface area contributed by atoms with Gasteiger partial charge in [-0.15, -0.1) is 0 Å². The number of rotatable bonds is 4. The predicted octanol–water partition coefficient (Wildman–Crippen LogP) is 2.11. The van der Waals surface area contributed by atoms with Gasteiger partial charge in [0.15, 0.2) is 5.78 Å². The second kappa shape index (κ2) is 5.20. The second-order valence-corrected chi connectivity index (χ2v) is 6.40. The lowest BCUT2D eigenvalue weighted by molar-refractivity contribution is 0.101. The average molecular weight is 267 g/mol. The van der Waals surface area contributed by atoms with Crippen LogP contribution >= 0.6 is 0 Å². The summed E-state index contributed by atoms with van der Waals surface area (Å²) in [5.41, 5.74) is 0.421. The highest BCUT2D eigenvalue weighted by molar-refractivity contribution is 7.89. The molecule has 1 fully saturated rings. The Hall–Kier alpha value is -1.20. The van der Waals surface area contributed by atoms with Gasteiger partial charge in [-0.1, -0.05) is 25.0 Å². The maximum atomic E-state index is 12.1. The van der Waals surface area contributed by atoms with Crippen LogP contribution in [0.3, 0.4) is 0 Å². The summed E-state index contributed by atoms with van der Waals surface area (Å²) in [6, 6.07) is 6.20. The fraction of sp³-hybridized carbons (Fsp3) is 0.462. The molecule has 0 atom stereocenters. The van der Waals surface area contributed by atoms with E-state index in [9.17, 15) is 13.2 Å². The van der Waals surface area contributed by atoms with Crippen molar-refractivity contribution in [1.29, 1.82) is 0 Å². The van der Waals surface area contributed by atoms with Crippen molar-refractivity contribution in [2.75, 3.05) is 0 Å². The van der Waals surface area contributed by atoms with E-state index < -0.39 is 10.0 Å². The molecule has 4 nitrogen and oxygen atoms in total. The first kappa shape index (κ1) is 13.2. The topological polar surface area (TPSA) is 63.2 Å². The molecular weight excluding hydrogens is 250 g/mol. The van der Waals surface area contributed by atoms with Crippen LogP contribution in [0.15, 0.2) is 29.2 Å². The van der Waals surface area contributed by atoms with Gasteiger partial charge in [-0.2, -0.15) is 0 Å². The summed E-state index contributed by atoms with van der Waals surface area (Å²) < 4.78 is 27.0. The normalized spacial score (nSPS) is 16.9. The smallest absolute Gasteiger partial charge is 0.240 e. The van der Waals surface area contributed by atoms with Crippen LogP contribution < -0.4 is 4.72 Å². The van der Waals surface area contributed by atoms with Gasteiger partial charge >= 0.3 is 0 Å². The lowest BCUT2D eigenvalue weighted by atomic mass is 10.2. The van der Waals surface area contributed by atoms with Crippen molar-refractivity contribution >= 4 is 15.8 Å². The SMILES string of the molecule is CC(=O)c1cccc(S(=O)(=O)NC2CCCC2)c1. The van der Waals surface area contributed by atoms with Crippen molar-refractivity contribution in [3.05, 3.63) is 29.8 Å². The van der Waals surface area contributed by atoms with E-state index in [2.05, 4.69) is 4.72 Å². The van der Waals surface area contributed by atoms with Gasteiger partial charge in [0.25, 0.3) is 0 Å². The van der Waals surface area contributed by atoms with Crippen LogP contribution in [0.5, 0.6) is 0 Å². The minimum absolute atomic E-state index is 0.0379. The Kier molecular flexibility index (Phi) is 3.82. The molecule has 98 valence electrons. The summed E-state index contributed by atoms with van der Waals surface area (Å²) in [5.74, 6) is -0.132. The molecule has 1 aromatic carbocycles. The van der Waals surface area contributed by atoms with Gasteiger partial charge in [-0.25, -0.2) is 13.1 Å². The largest absolute Gasteiger partial charge is 0.295 e. The zero-order valence-corrected chi connectivity index (χ0v) is 11.2. The highest BCUT2D eigenvalue weighted by Crippen LogP contribution is 2.20. The van der Waals surface area contributed by atoms with Gasteiger partial charge in [0.2, 0.25) is 10.0 Å². The van der Waals surface area contributed by atoms with Crippen LogP contribution in [0, 0.1) is 0 Å². The van der Waals surface area contributed by atoms with Gasteiger partial charge in [-0.05, 0) is 31.9 Å². The lowest BCUT2D eigenvalue weighted by Gasteiger charge is -2.12. The minimum Gasteiger partial charge on any atom is -0.295 e. The molecule has 0 unspecified atom stereocenters. The van der Waals surface area contributed by atoms with Gasteiger partial charge in [-0.3, -0.25) is 4.79 Å². The molecule has 0 amide bonds. The van der Waals surface area contributed by atoms with Crippen molar-refractivity contribution in [3.8, 4) is 0 Å². The molecule has 0 bridgehead atoms. The molecule has 1 aromatic rings. The van der Waals surface area contributed by atoms with E-state index in [4.69, 9.17) is 0 Å². The molecule has 2 rings (SSSR count). The van der Waals surface area contributed by atoms with E-state index in [1.54, 1.807) is 12.1 Å². The van der Waals surface area contributed by atoms with Crippen molar-refractivity contribution in [3.63, 3.8) is 0 Å². The van der Waals surface area contributed by atoms with Gasteiger partial charge in [0, 0.05) is 11.6 Å². The van der Waals surface area contributed by atoms with E-state index in [1.807, 2.05) is 0 Å². The summed E-state index contributed by atoms with van der Waals surface area (Å²) in [4.78, 5) is 11.4. The van der Waals surface area contributed by atoms with Crippen molar-refractivity contribution < 1.29 is 13.2 Å². The minimum atomic E-state index is -3.50. The Morgan fingerprint density at radius 2 is 1.94 bits per heavy atom. The fourth-order valence-electron chi connectivity index (χ4n) is 2.21. The number of hydrogen-bond donors (Lipinski definition) is 1. The third-order valence-corrected chi connectivity index (χ3v) is 4.75. The zero-order chi connectivity index (χ0) is 13.2. The average Bonchev–Trinajstić information content (AvgIpc) is 2.81. The van der Waals surface area contributed by atoms with Crippen LogP contribution in [0.25, 0.3) is 0 Å². The van der Waals surface area contributed by atoms with Crippen LogP contribution in [0.2, 0.25) is 0 Å². The molecule has 5 heteroatoms. The Bertz CT molecular complexity index is 545. The van der Waals surface area contributed by atoms with Crippen molar-refractivity contribution in [2.24, 2.45) is 0 Å². The molecule has 1 aliphatic rings. The summed E-state index contributed by atoms with van der Waals surface area (Å²) in [5, 5.41) is 0. The van der Waals surface area contributed by atoms with Gasteiger partial charge in [0.1, 0.15) is 0 Å². The van der Waals surface area contributed by atoms with Crippen LogP contribution in [0.4, 0.5) is 0 Å². The summed E-state index contributed by atoms with van der Waals surface area (Å²) in [6.07, 6.45) is 3.93. The molecule has 0 saturated heterocycles. The number of sulfonamides is 1. The number of nitrogens with one attached hydrogen (secondary N) is 1. The Labute approximate surface area is 107 Å². The van der Waals surface area contributed by atoms with E-state index in [0.717, 1.165) is 25.7 Å². The number of Topliss-reactive ketones (excluding diaryl/α,β-unsaturated/α-hetero) is 1. The number of carbonyl (C=O) groups is 1. The number of benzene rings is 1. The number of carbonyl (C=O) groups excluding carboxylic acids is 1. The fourth-order valence-corrected chi connectivity index (χ4v) is 3.56. The first-order valence-corrected chi connectivity index (χ1v) is 7.61. The Morgan fingerprint density at radius 1 is 1.28 bits per heavy atom. The lowest BCUT2D eigenvalue weighted by Crippen LogP contribution is -2.32. The summed E-state index contributed by atoms with van der Waals surface area (Å²) in [6.45, 7) is 1.43.